The van der Waals surface area contributed by atoms with Crippen molar-refractivity contribution in [2.24, 2.45) is 0 Å². The molecule has 0 fully saturated rings. The van der Waals surface area contributed by atoms with Crippen LogP contribution in [-0.4, -0.2) is 37.2 Å². The summed E-state index contributed by atoms with van der Waals surface area (Å²) in [4.78, 5) is 21.9. The summed E-state index contributed by atoms with van der Waals surface area (Å²) in [5, 5.41) is 11.0. The maximum Gasteiger partial charge on any atom is 0.341 e. The van der Waals surface area contributed by atoms with Crippen molar-refractivity contribution in [3.63, 3.8) is 0 Å². The zero-order chi connectivity index (χ0) is 16.2. The highest BCUT2D eigenvalue weighted by atomic mass is 32.2. The summed E-state index contributed by atoms with van der Waals surface area (Å²) in [5.41, 5.74) is -0.0251. The minimum Gasteiger partial charge on any atom is -0.480 e. The molecular formula is C12H13F2NO5S. The minimum atomic E-state index is -4.72. The molecule has 0 aromatic heterocycles. The lowest BCUT2D eigenvalue weighted by molar-refractivity contribution is -0.139. The van der Waals surface area contributed by atoms with Gasteiger partial charge in [0.1, 0.15) is 6.04 Å². The van der Waals surface area contributed by atoms with E-state index in [2.05, 4.69) is 5.32 Å². The Morgan fingerprint density at radius 1 is 1.24 bits per heavy atom. The molecule has 0 aliphatic heterocycles. The molecule has 9 heteroatoms. The quantitative estimate of drug-likeness (QED) is 0.822. The number of carboxylic acid groups (broad SMARTS) is 1. The molecular weight excluding hydrogens is 308 g/mol. The zero-order valence-electron chi connectivity index (χ0n) is 10.9. The summed E-state index contributed by atoms with van der Waals surface area (Å²) < 4.78 is 47.1. The topological polar surface area (TPSA) is 101 Å². The first-order valence-electron chi connectivity index (χ1n) is 5.86. The van der Waals surface area contributed by atoms with Gasteiger partial charge in [-0.3, -0.25) is 4.79 Å². The van der Waals surface area contributed by atoms with E-state index in [0.29, 0.717) is 0 Å². The summed E-state index contributed by atoms with van der Waals surface area (Å²) in [6.45, 7) is 1.57. The van der Waals surface area contributed by atoms with Crippen LogP contribution in [0.5, 0.6) is 0 Å². The van der Waals surface area contributed by atoms with Crippen molar-refractivity contribution in [2.75, 3.05) is 0 Å². The van der Waals surface area contributed by atoms with Gasteiger partial charge in [0, 0.05) is 5.56 Å². The third-order valence-electron chi connectivity index (χ3n) is 2.69. The Kier molecular flexibility index (Phi) is 5.36. The number of aliphatic carboxylic acids is 1. The summed E-state index contributed by atoms with van der Waals surface area (Å²) in [7, 11) is -4.72. The third kappa shape index (κ3) is 3.97. The van der Waals surface area contributed by atoms with Gasteiger partial charge >= 0.3 is 11.7 Å². The number of sulfone groups is 1. The second kappa shape index (κ2) is 6.61. The highest BCUT2D eigenvalue weighted by Gasteiger charge is 2.26. The molecule has 0 heterocycles. The molecule has 1 aromatic rings. The van der Waals surface area contributed by atoms with E-state index in [-0.39, 0.29) is 12.0 Å². The van der Waals surface area contributed by atoms with Crippen LogP contribution < -0.4 is 5.32 Å². The highest BCUT2D eigenvalue weighted by Crippen LogP contribution is 2.18. The van der Waals surface area contributed by atoms with Crippen LogP contribution in [0.2, 0.25) is 0 Å². The molecule has 0 aliphatic carbocycles. The Bertz CT molecular complexity index is 628. The molecule has 116 valence electrons. The van der Waals surface area contributed by atoms with Crippen molar-refractivity contribution in [1.82, 2.24) is 5.32 Å². The summed E-state index contributed by atoms with van der Waals surface area (Å²) in [6.07, 6.45) is 0.166. The number of halogens is 2. The number of amides is 1. The highest BCUT2D eigenvalue weighted by molar-refractivity contribution is 7.91. The largest absolute Gasteiger partial charge is 0.480 e. The van der Waals surface area contributed by atoms with Crippen LogP contribution in [0.25, 0.3) is 0 Å². The van der Waals surface area contributed by atoms with Gasteiger partial charge in [-0.25, -0.2) is 13.2 Å². The van der Waals surface area contributed by atoms with Crippen LogP contribution in [0.1, 0.15) is 23.7 Å². The monoisotopic (exact) mass is 321 g/mol. The lowest BCUT2D eigenvalue weighted by Gasteiger charge is -2.12. The molecule has 1 rings (SSSR count). The molecule has 1 atom stereocenters. The Labute approximate surface area is 119 Å². The number of carbonyl (C=O) groups excluding carboxylic acids is 1. The molecule has 1 aromatic carbocycles. The van der Waals surface area contributed by atoms with Gasteiger partial charge in [-0.15, -0.1) is 0 Å². The van der Waals surface area contributed by atoms with E-state index in [9.17, 15) is 26.8 Å². The normalized spacial score (nSPS) is 13.0. The number of carbonyl (C=O) groups is 2. The molecule has 0 aliphatic rings. The van der Waals surface area contributed by atoms with Gasteiger partial charge in [-0.05, 0) is 30.7 Å². The van der Waals surface area contributed by atoms with Gasteiger partial charge in [0.15, 0.2) is 0 Å². The second-order valence-corrected chi connectivity index (χ2v) is 6.02. The van der Waals surface area contributed by atoms with Crippen molar-refractivity contribution in [3.8, 4) is 0 Å². The van der Waals surface area contributed by atoms with E-state index < -0.39 is 38.4 Å². The number of alkyl halides is 2. The maximum atomic E-state index is 12.3. The van der Waals surface area contributed by atoms with Gasteiger partial charge in [0.25, 0.3) is 5.91 Å². The fourth-order valence-electron chi connectivity index (χ4n) is 1.48. The van der Waals surface area contributed by atoms with Gasteiger partial charge in [-0.2, -0.15) is 8.78 Å². The summed E-state index contributed by atoms with van der Waals surface area (Å²) in [6, 6.07) is 2.75. The van der Waals surface area contributed by atoms with Crippen molar-refractivity contribution in [1.29, 1.82) is 0 Å². The molecule has 0 saturated carbocycles. The zero-order valence-corrected chi connectivity index (χ0v) is 11.7. The van der Waals surface area contributed by atoms with E-state index in [0.717, 1.165) is 24.3 Å². The van der Waals surface area contributed by atoms with Gasteiger partial charge in [0.2, 0.25) is 9.84 Å². The first kappa shape index (κ1) is 17.0. The number of rotatable bonds is 6. The number of nitrogens with one attached hydrogen (secondary N) is 1. The average molecular weight is 321 g/mol. The minimum absolute atomic E-state index is 0.0251. The van der Waals surface area contributed by atoms with Crippen molar-refractivity contribution >= 4 is 21.7 Å². The molecule has 0 spiro atoms. The molecule has 0 radical (unpaired) electrons. The fourth-order valence-corrected chi connectivity index (χ4v) is 2.20. The van der Waals surface area contributed by atoms with E-state index in [1.54, 1.807) is 6.92 Å². The third-order valence-corrected chi connectivity index (χ3v) is 4.09. The van der Waals surface area contributed by atoms with Crippen LogP contribution in [0, 0.1) is 0 Å². The Morgan fingerprint density at radius 3 is 2.14 bits per heavy atom. The standard InChI is InChI=1S/C12H13F2NO5S/c1-2-9(11(17)18)15-10(16)7-3-5-8(6-4-7)21(19,20)12(13)14/h3-6,9,12H,2H2,1H3,(H,15,16)(H,17,18). The van der Waals surface area contributed by atoms with Crippen LogP contribution in [0.4, 0.5) is 8.78 Å². The molecule has 1 amide bonds. The summed E-state index contributed by atoms with van der Waals surface area (Å²) in [5.74, 6) is -5.48. The molecule has 21 heavy (non-hydrogen) atoms. The van der Waals surface area contributed by atoms with Crippen molar-refractivity contribution in [3.05, 3.63) is 29.8 Å². The molecule has 6 nitrogen and oxygen atoms in total. The fraction of sp³-hybridized carbons (Fsp3) is 0.333. The summed E-state index contributed by atoms with van der Waals surface area (Å²) >= 11 is 0. The Balaban J connectivity index is 2.93. The molecule has 1 unspecified atom stereocenters. The molecule has 2 N–H and O–H groups in total. The van der Waals surface area contributed by atoms with E-state index >= 15 is 0 Å². The number of benzene rings is 1. The predicted molar refractivity (Wildman–Crippen MR) is 68.8 cm³/mol. The maximum absolute atomic E-state index is 12.3. The Morgan fingerprint density at radius 2 is 1.76 bits per heavy atom. The van der Waals surface area contributed by atoms with Crippen LogP contribution in [0.15, 0.2) is 29.2 Å². The van der Waals surface area contributed by atoms with Crippen LogP contribution in [0.3, 0.4) is 0 Å². The van der Waals surface area contributed by atoms with Gasteiger partial charge < -0.3 is 10.4 Å². The van der Waals surface area contributed by atoms with E-state index in [4.69, 9.17) is 5.11 Å². The second-order valence-electron chi connectivity index (χ2n) is 4.10. The lowest BCUT2D eigenvalue weighted by atomic mass is 10.1. The predicted octanol–water partition coefficient (Wildman–Crippen LogP) is 1.28. The first-order chi connectivity index (χ1) is 9.70. The van der Waals surface area contributed by atoms with Gasteiger partial charge in [0.05, 0.1) is 4.90 Å². The van der Waals surface area contributed by atoms with E-state index in [1.807, 2.05) is 0 Å². The molecule has 0 saturated heterocycles. The molecule has 0 bridgehead atoms. The number of hydrogen-bond acceptors (Lipinski definition) is 4. The number of carboxylic acids is 1. The Hall–Kier alpha value is -2.03. The smallest absolute Gasteiger partial charge is 0.341 e. The van der Waals surface area contributed by atoms with Crippen molar-refractivity contribution < 1.29 is 31.9 Å². The number of hydrogen-bond donors (Lipinski definition) is 2. The SMILES string of the molecule is CCC(NC(=O)c1ccc(S(=O)(=O)C(F)F)cc1)C(=O)O. The lowest BCUT2D eigenvalue weighted by Crippen LogP contribution is -2.40. The van der Waals surface area contributed by atoms with Crippen LogP contribution >= 0.6 is 0 Å². The average Bonchev–Trinajstić information content (AvgIpc) is 2.44. The van der Waals surface area contributed by atoms with Crippen LogP contribution in [-0.2, 0) is 14.6 Å². The van der Waals surface area contributed by atoms with E-state index in [1.165, 1.54) is 0 Å². The first-order valence-corrected chi connectivity index (χ1v) is 7.40. The van der Waals surface area contributed by atoms with Crippen molar-refractivity contribution in [2.45, 2.75) is 30.0 Å². The van der Waals surface area contributed by atoms with Gasteiger partial charge in [-0.1, -0.05) is 6.92 Å².